The first-order chi connectivity index (χ1) is 13.6. The number of hydrogen-bond acceptors (Lipinski definition) is 3. The van der Waals surface area contributed by atoms with Crippen LogP contribution in [0.25, 0.3) is 0 Å². The van der Waals surface area contributed by atoms with E-state index >= 15 is 0 Å². The van der Waals surface area contributed by atoms with Gasteiger partial charge >= 0.3 is 5.97 Å². The van der Waals surface area contributed by atoms with Crippen molar-refractivity contribution < 1.29 is 18.7 Å². The number of benzene rings is 2. The zero-order valence-electron chi connectivity index (χ0n) is 16.7. The van der Waals surface area contributed by atoms with E-state index in [1.165, 1.54) is 24.3 Å². The Bertz CT molecular complexity index is 740. The van der Waals surface area contributed by atoms with Crippen LogP contribution in [0.4, 0.5) is 4.39 Å². The molecule has 2 atom stereocenters. The molecule has 2 aromatic carbocycles. The van der Waals surface area contributed by atoms with Crippen LogP contribution in [0.2, 0.25) is 0 Å². The van der Waals surface area contributed by atoms with Gasteiger partial charge in [0.1, 0.15) is 5.82 Å². The second kappa shape index (κ2) is 11.4. The average molecular weight is 384 g/mol. The van der Waals surface area contributed by atoms with E-state index in [0.717, 1.165) is 24.8 Å². The molecule has 0 aromatic heterocycles. The Morgan fingerprint density at radius 2 is 1.64 bits per heavy atom. The van der Waals surface area contributed by atoms with Gasteiger partial charge in [-0.15, -0.1) is 0 Å². The molecule has 0 spiro atoms. The Kier molecular flexibility index (Phi) is 8.86. The summed E-state index contributed by atoms with van der Waals surface area (Å²) < 4.78 is 18.7. The highest BCUT2D eigenvalue weighted by Crippen LogP contribution is 2.34. The first-order valence-corrected chi connectivity index (χ1v) is 10.1. The Labute approximate surface area is 166 Å². The summed E-state index contributed by atoms with van der Waals surface area (Å²) in [6, 6.07) is 15.2. The third kappa shape index (κ3) is 6.29. The molecule has 0 saturated heterocycles. The number of hydrogen-bond donors (Lipinski definition) is 0. The van der Waals surface area contributed by atoms with E-state index in [9.17, 15) is 14.0 Å². The Hall–Kier alpha value is -2.49. The van der Waals surface area contributed by atoms with Gasteiger partial charge in [-0.2, -0.15) is 0 Å². The molecule has 0 saturated carbocycles. The van der Waals surface area contributed by atoms with Crippen LogP contribution in [0.5, 0.6) is 0 Å². The van der Waals surface area contributed by atoms with Crippen molar-refractivity contribution in [3.8, 4) is 0 Å². The highest BCUT2D eigenvalue weighted by Gasteiger charge is 2.32. The lowest BCUT2D eigenvalue weighted by Gasteiger charge is -2.26. The minimum atomic E-state index is -0.377. The van der Waals surface area contributed by atoms with Crippen molar-refractivity contribution in [1.29, 1.82) is 0 Å². The van der Waals surface area contributed by atoms with Crippen LogP contribution >= 0.6 is 0 Å². The third-order valence-corrected chi connectivity index (χ3v) is 4.90. The van der Waals surface area contributed by atoms with Crippen molar-refractivity contribution >= 4 is 11.8 Å². The molecule has 0 fully saturated rings. The van der Waals surface area contributed by atoms with E-state index in [1.54, 1.807) is 0 Å². The molecule has 150 valence electrons. The van der Waals surface area contributed by atoms with Crippen molar-refractivity contribution in [1.82, 2.24) is 0 Å². The fourth-order valence-corrected chi connectivity index (χ4v) is 3.36. The van der Waals surface area contributed by atoms with Crippen LogP contribution < -0.4 is 0 Å². The molecule has 0 aliphatic rings. The summed E-state index contributed by atoms with van der Waals surface area (Å²) in [7, 11) is 0. The van der Waals surface area contributed by atoms with Gasteiger partial charge in [-0.05, 0) is 42.7 Å². The fraction of sp³-hybridized carbons (Fsp3) is 0.417. The molecule has 2 rings (SSSR count). The molecule has 3 nitrogen and oxygen atoms in total. The second-order valence-electron chi connectivity index (χ2n) is 7.07. The molecule has 0 bridgehead atoms. The largest absolute Gasteiger partial charge is 0.465 e. The topological polar surface area (TPSA) is 43.4 Å². The maximum Gasteiger partial charge on any atom is 0.309 e. The summed E-state index contributed by atoms with van der Waals surface area (Å²) in [4.78, 5) is 25.7. The van der Waals surface area contributed by atoms with Gasteiger partial charge in [-0.25, -0.2) is 4.39 Å². The molecule has 28 heavy (non-hydrogen) atoms. The van der Waals surface area contributed by atoms with E-state index in [1.807, 2.05) is 37.3 Å². The molecule has 1 unspecified atom stereocenters. The molecule has 0 radical (unpaired) electrons. The molecule has 0 amide bonds. The van der Waals surface area contributed by atoms with Crippen molar-refractivity contribution in [2.45, 2.75) is 51.9 Å². The summed E-state index contributed by atoms with van der Waals surface area (Å²) in [5, 5.41) is 0. The van der Waals surface area contributed by atoms with Crippen molar-refractivity contribution in [2.75, 3.05) is 6.61 Å². The predicted molar refractivity (Wildman–Crippen MR) is 109 cm³/mol. The molecule has 2 aromatic rings. The highest BCUT2D eigenvalue weighted by atomic mass is 19.1. The summed E-state index contributed by atoms with van der Waals surface area (Å²) in [6.45, 7) is 4.42. The fourth-order valence-electron chi connectivity index (χ4n) is 3.36. The van der Waals surface area contributed by atoms with Gasteiger partial charge in [0.25, 0.3) is 0 Å². The normalized spacial score (nSPS) is 13.0. The van der Waals surface area contributed by atoms with Crippen molar-refractivity contribution in [3.05, 3.63) is 71.5 Å². The third-order valence-electron chi connectivity index (χ3n) is 4.90. The summed E-state index contributed by atoms with van der Waals surface area (Å²) in [6.07, 6.45) is 3.47. The van der Waals surface area contributed by atoms with Gasteiger partial charge in [0.15, 0.2) is 5.78 Å². The number of ketones is 1. The zero-order valence-corrected chi connectivity index (χ0v) is 16.7. The number of ether oxygens (including phenoxy) is 1. The highest BCUT2D eigenvalue weighted by molar-refractivity contribution is 5.97. The van der Waals surface area contributed by atoms with Gasteiger partial charge in [0.2, 0.25) is 0 Å². The molecule has 0 heterocycles. The van der Waals surface area contributed by atoms with Gasteiger partial charge in [-0.3, -0.25) is 9.59 Å². The van der Waals surface area contributed by atoms with E-state index in [2.05, 4.69) is 6.92 Å². The minimum absolute atomic E-state index is 0.0985. The summed E-state index contributed by atoms with van der Waals surface area (Å²) in [5.74, 6) is -1.36. The van der Waals surface area contributed by atoms with E-state index < -0.39 is 0 Å². The lowest BCUT2D eigenvalue weighted by molar-refractivity contribution is -0.149. The smallest absolute Gasteiger partial charge is 0.309 e. The number of rotatable bonds is 11. The van der Waals surface area contributed by atoms with Crippen molar-refractivity contribution in [3.63, 3.8) is 0 Å². The minimum Gasteiger partial charge on any atom is -0.465 e. The molecular formula is C24H29FO3. The number of carbonyl (C=O) groups excluding carboxylic acids is 2. The number of unbranched alkanes of at least 4 members (excludes halogenated alkanes) is 1. The van der Waals surface area contributed by atoms with Crippen LogP contribution in [0, 0.1) is 11.7 Å². The zero-order chi connectivity index (χ0) is 20.4. The van der Waals surface area contributed by atoms with Gasteiger partial charge in [0.05, 0.1) is 12.5 Å². The quantitative estimate of drug-likeness (QED) is 0.356. The molecule has 4 heteroatoms. The lowest BCUT2D eigenvalue weighted by Crippen LogP contribution is -2.27. The lowest BCUT2D eigenvalue weighted by atomic mass is 9.79. The van der Waals surface area contributed by atoms with Gasteiger partial charge in [-0.1, -0.05) is 57.0 Å². The van der Waals surface area contributed by atoms with Crippen LogP contribution in [0.1, 0.15) is 67.8 Å². The standard InChI is InChI=1S/C24H29FO3/c1-3-5-11-21(24(27)28-16-4-2)22(18-9-7-6-8-10-18)17-23(26)19-12-14-20(25)15-13-19/h6-10,12-15,21-22H,3-5,11,16-17H2,1-2H3/t21?,22-/m1/s1. The molecule has 0 N–H and O–H groups in total. The van der Waals surface area contributed by atoms with E-state index in [-0.39, 0.29) is 35.8 Å². The Morgan fingerprint density at radius 1 is 0.964 bits per heavy atom. The molecule has 0 aliphatic heterocycles. The first-order valence-electron chi connectivity index (χ1n) is 10.1. The Balaban J connectivity index is 2.31. The first kappa shape index (κ1) is 21.8. The number of carbonyl (C=O) groups is 2. The van der Waals surface area contributed by atoms with Crippen molar-refractivity contribution in [2.24, 2.45) is 5.92 Å². The summed E-state index contributed by atoms with van der Waals surface area (Å²) in [5.41, 5.74) is 1.41. The maximum absolute atomic E-state index is 13.2. The van der Waals surface area contributed by atoms with Gasteiger partial charge in [0, 0.05) is 17.9 Å². The maximum atomic E-state index is 13.2. The van der Waals surface area contributed by atoms with Crippen LogP contribution in [-0.2, 0) is 9.53 Å². The van der Waals surface area contributed by atoms with Crippen LogP contribution in [-0.4, -0.2) is 18.4 Å². The average Bonchev–Trinajstić information content (AvgIpc) is 2.72. The van der Waals surface area contributed by atoms with Gasteiger partial charge < -0.3 is 4.74 Å². The summed E-state index contributed by atoms with van der Waals surface area (Å²) >= 11 is 0. The molecule has 0 aliphatic carbocycles. The Morgan fingerprint density at radius 3 is 2.25 bits per heavy atom. The molecular weight excluding hydrogens is 355 g/mol. The SMILES string of the molecule is CCCCC(C(=O)OCCC)[C@H](CC(=O)c1ccc(F)cc1)c1ccccc1. The van der Waals surface area contributed by atoms with Crippen LogP contribution in [0.3, 0.4) is 0 Å². The van der Waals surface area contributed by atoms with Crippen LogP contribution in [0.15, 0.2) is 54.6 Å². The number of halogens is 1. The second-order valence-corrected chi connectivity index (χ2v) is 7.07. The van der Waals surface area contributed by atoms with E-state index in [0.29, 0.717) is 18.6 Å². The van der Waals surface area contributed by atoms with E-state index in [4.69, 9.17) is 4.74 Å². The number of Topliss-reactive ketones (excluding diaryl/α,β-unsaturated/α-hetero) is 1. The monoisotopic (exact) mass is 384 g/mol. The predicted octanol–water partition coefficient (Wildman–Crippen LogP) is 5.94. The number of esters is 1.